The van der Waals surface area contributed by atoms with Crippen LogP contribution in [0.5, 0.6) is 0 Å². The van der Waals surface area contributed by atoms with Crippen LogP contribution in [0, 0.1) is 5.82 Å². The topological polar surface area (TPSA) is 88.8 Å². The van der Waals surface area contributed by atoms with Gasteiger partial charge in [0.2, 0.25) is 5.76 Å². The van der Waals surface area contributed by atoms with Gasteiger partial charge in [0.25, 0.3) is 5.91 Å². The van der Waals surface area contributed by atoms with E-state index < -0.39 is 29.8 Å². The fraction of sp³-hybridized carbons (Fsp3) is 0.235. The summed E-state index contributed by atoms with van der Waals surface area (Å²) in [5, 5.41) is 2.49. The fourth-order valence-corrected chi connectivity index (χ4v) is 2.42. The molecule has 2 heterocycles. The molecule has 1 saturated heterocycles. The second-order valence-electron chi connectivity index (χ2n) is 5.41. The van der Waals surface area contributed by atoms with Crippen molar-refractivity contribution in [2.24, 2.45) is 0 Å². The number of halogens is 1. The Morgan fingerprint density at radius 2 is 2.04 bits per heavy atom. The first-order chi connectivity index (χ1) is 12.0. The molecule has 130 valence electrons. The Hall–Kier alpha value is -3.16. The second-order valence-corrected chi connectivity index (χ2v) is 5.41. The molecule has 0 spiro atoms. The highest BCUT2D eigenvalue weighted by atomic mass is 19.1. The van der Waals surface area contributed by atoms with E-state index in [2.05, 4.69) is 5.32 Å². The lowest BCUT2D eigenvalue weighted by atomic mass is 10.1. The van der Waals surface area contributed by atoms with E-state index in [0.29, 0.717) is 6.54 Å². The molecular formula is C17H15FN2O5. The van der Waals surface area contributed by atoms with Gasteiger partial charge in [-0.25, -0.2) is 14.0 Å². The number of rotatable bonds is 4. The third kappa shape index (κ3) is 3.37. The van der Waals surface area contributed by atoms with Crippen molar-refractivity contribution in [3.8, 4) is 11.3 Å². The fourth-order valence-electron chi connectivity index (χ4n) is 2.42. The molecule has 0 bridgehead atoms. The summed E-state index contributed by atoms with van der Waals surface area (Å²) in [5.74, 6) is -1.97. The van der Waals surface area contributed by atoms with Gasteiger partial charge < -0.3 is 14.5 Å². The average Bonchev–Trinajstić information content (AvgIpc) is 3.23. The minimum absolute atomic E-state index is 0.163. The standard InChI is InChI=1S/C17H15FN2O5/c1-10(15(21)20-9-8-19-17(20)23)24-16(22)14-7-6-13(25-14)11-4-2-3-5-12(11)18/h2-7,10H,8-9H2,1H3,(H,19,23). The molecule has 1 aromatic heterocycles. The largest absolute Gasteiger partial charge is 0.449 e. The number of nitrogens with zero attached hydrogens (tertiary/aromatic N) is 1. The summed E-state index contributed by atoms with van der Waals surface area (Å²) in [4.78, 5) is 36.7. The van der Waals surface area contributed by atoms with Crippen LogP contribution in [0.1, 0.15) is 17.5 Å². The number of nitrogens with one attached hydrogen (secondary N) is 1. The average molecular weight is 346 g/mol. The maximum absolute atomic E-state index is 13.7. The number of esters is 1. The molecule has 8 heteroatoms. The Morgan fingerprint density at radius 1 is 1.28 bits per heavy atom. The van der Waals surface area contributed by atoms with Crippen LogP contribution in [0.15, 0.2) is 40.8 Å². The molecule has 1 N–H and O–H groups in total. The molecule has 1 unspecified atom stereocenters. The lowest BCUT2D eigenvalue weighted by Gasteiger charge is -2.17. The van der Waals surface area contributed by atoms with Gasteiger partial charge in [0.05, 0.1) is 5.56 Å². The zero-order chi connectivity index (χ0) is 18.0. The highest BCUT2D eigenvalue weighted by Gasteiger charge is 2.32. The van der Waals surface area contributed by atoms with Crippen molar-refractivity contribution in [2.45, 2.75) is 13.0 Å². The summed E-state index contributed by atoms with van der Waals surface area (Å²) in [5.41, 5.74) is 0.208. The number of benzene rings is 1. The van der Waals surface area contributed by atoms with E-state index in [1.807, 2.05) is 0 Å². The molecule has 3 rings (SSSR count). The molecule has 2 aromatic rings. The third-order valence-corrected chi connectivity index (χ3v) is 3.70. The number of urea groups is 1. The van der Waals surface area contributed by atoms with Crippen LogP contribution in [0.4, 0.5) is 9.18 Å². The smallest absolute Gasteiger partial charge is 0.375 e. The predicted octanol–water partition coefficient (Wildman–Crippen LogP) is 2.18. The van der Waals surface area contributed by atoms with Gasteiger partial charge in [-0.15, -0.1) is 0 Å². The van der Waals surface area contributed by atoms with Crippen molar-refractivity contribution >= 4 is 17.9 Å². The van der Waals surface area contributed by atoms with E-state index in [1.54, 1.807) is 12.1 Å². The monoisotopic (exact) mass is 346 g/mol. The van der Waals surface area contributed by atoms with Crippen LogP contribution in [0.2, 0.25) is 0 Å². The van der Waals surface area contributed by atoms with Gasteiger partial charge >= 0.3 is 12.0 Å². The number of ether oxygens (including phenoxy) is 1. The molecule has 25 heavy (non-hydrogen) atoms. The van der Waals surface area contributed by atoms with E-state index in [9.17, 15) is 18.8 Å². The summed E-state index contributed by atoms with van der Waals surface area (Å²) < 4.78 is 24.1. The van der Waals surface area contributed by atoms with Crippen molar-refractivity contribution in [3.05, 3.63) is 48.0 Å². The molecule has 7 nitrogen and oxygen atoms in total. The SMILES string of the molecule is CC(OC(=O)c1ccc(-c2ccccc2F)o1)C(=O)N1CCNC1=O. The first-order valence-corrected chi connectivity index (χ1v) is 7.62. The predicted molar refractivity (Wildman–Crippen MR) is 84.1 cm³/mol. The van der Waals surface area contributed by atoms with E-state index >= 15 is 0 Å². The van der Waals surface area contributed by atoms with Gasteiger partial charge in [-0.2, -0.15) is 0 Å². The van der Waals surface area contributed by atoms with Crippen LogP contribution in [-0.2, 0) is 9.53 Å². The van der Waals surface area contributed by atoms with Gasteiger partial charge in [-0.05, 0) is 31.2 Å². The van der Waals surface area contributed by atoms with Crippen molar-refractivity contribution in [3.63, 3.8) is 0 Å². The number of imide groups is 1. The van der Waals surface area contributed by atoms with Crippen molar-refractivity contribution < 1.29 is 27.9 Å². The quantitative estimate of drug-likeness (QED) is 0.857. The maximum Gasteiger partial charge on any atom is 0.375 e. The molecular weight excluding hydrogens is 331 g/mol. The number of hydrogen-bond acceptors (Lipinski definition) is 5. The summed E-state index contributed by atoms with van der Waals surface area (Å²) in [6.07, 6.45) is -1.15. The first kappa shape index (κ1) is 16.7. The number of carbonyl (C=O) groups excluding carboxylic acids is 3. The number of furan rings is 1. The molecule has 1 fully saturated rings. The Bertz CT molecular complexity index is 832. The van der Waals surface area contributed by atoms with Crippen LogP contribution in [0.25, 0.3) is 11.3 Å². The van der Waals surface area contributed by atoms with E-state index in [-0.39, 0.29) is 23.6 Å². The molecule has 1 aliphatic heterocycles. The van der Waals surface area contributed by atoms with Gasteiger partial charge in [0, 0.05) is 13.1 Å². The maximum atomic E-state index is 13.7. The Balaban J connectivity index is 1.69. The number of amides is 3. The Morgan fingerprint density at radius 3 is 2.72 bits per heavy atom. The van der Waals surface area contributed by atoms with Crippen LogP contribution >= 0.6 is 0 Å². The van der Waals surface area contributed by atoms with Gasteiger partial charge in [-0.1, -0.05) is 12.1 Å². The van der Waals surface area contributed by atoms with E-state index in [0.717, 1.165) is 4.90 Å². The van der Waals surface area contributed by atoms with Crippen molar-refractivity contribution in [1.29, 1.82) is 0 Å². The highest BCUT2D eigenvalue weighted by molar-refractivity contribution is 5.99. The van der Waals surface area contributed by atoms with Gasteiger partial charge in [0.1, 0.15) is 11.6 Å². The molecule has 1 aromatic carbocycles. The molecule has 0 aliphatic carbocycles. The Kier molecular flexibility index (Phi) is 4.51. The van der Waals surface area contributed by atoms with Gasteiger partial charge in [-0.3, -0.25) is 9.69 Å². The zero-order valence-corrected chi connectivity index (χ0v) is 13.3. The van der Waals surface area contributed by atoms with E-state index in [1.165, 1.54) is 31.2 Å². The van der Waals surface area contributed by atoms with Gasteiger partial charge in [0.15, 0.2) is 6.10 Å². The normalized spacial score (nSPS) is 15.0. The van der Waals surface area contributed by atoms with Crippen LogP contribution < -0.4 is 5.32 Å². The molecule has 1 aliphatic rings. The summed E-state index contributed by atoms with van der Waals surface area (Å²) in [6, 6.07) is 8.23. The lowest BCUT2D eigenvalue weighted by Crippen LogP contribution is -2.41. The van der Waals surface area contributed by atoms with Crippen molar-refractivity contribution in [2.75, 3.05) is 13.1 Å². The zero-order valence-electron chi connectivity index (χ0n) is 13.3. The molecule has 0 saturated carbocycles. The lowest BCUT2D eigenvalue weighted by molar-refractivity contribution is -0.136. The van der Waals surface area contributed by atoms with Crippen LogP contribution in [0.3, 0.4) is 0 Å². The first-order valence-electron chi connectivity index (χ1n) is 7.62. The summed E-state index contributed by atoms with van der Waals surface area (Å²) >= 11 is 0. The summed E-state index contributed by atoms with van der Waals surface area (Å²) in [6.45, 7) is 1.94. The molecule has 0 radical (unpaired) electrons. The summed E-state index contributed by atoms with van der Waals surface area (Å²) in [7, 11) is 0. The minimum Gasteiger partial charge on any atom is -0.449 e. The highest BCUT2D eigenvalue weighted by Crippen LogP contribution is 2.25. The minimum atomic E-state index is -1.15. The van der Waals surface area contributed by atoms with Crippen LogP contribution in [-0.4, -0.2) is 42.0 Å². The third-order valence-electron chi connectivity index (χ3n) is 3.70. The number of hydrogen-bond donors (Lipinski definition) is 1. The van der Waals surface area contributed by atoms with Crippen molar-refractivity contribution in [1.82, 2.24) is 10.2 Å². The van der Waals surface area contributed by atoms with E-state index in [4.69, 9.17) is 9.15 Å². The Labute approximate surface area is 142 Å². The molecule has 3 amide bonds. The molecule has 1 atom stereocenters. The number of carbonyl (C=O) groups is 3. The second kappa shape index (κ2) is 6.76.